The second kappa shape index (κ2) is 20.9. The largest absolute Gasteiger partial charge is 3.00 e. The maximum atomic E-state index is 0. The van der Waals surface area contributed by atoms with E-state index in [4.69, 9.17) is 0 Å². The maximum Gasteiger partial charge on any atom is 3.00 e. The molecule has 25 valence electrons. The van der Waals surface area contributed by atoms with Gasteiger partial charge in [0.05, 0.1) is 0 Å². The summed E-state index contributed by atoms with van der Waals surface area (Å²) in [7, 11) is 0. The molecule has 4 heteroatoms. The first kappa shape index (κ1) is 40.0. The molecule has 0 saturated carbocycles. The molecule has 0 bridgehead atoms. The second-order valence-electron chi connectivity index (χ2n) is 0. The van der Waals surface area contributed by atoms with Crippen molar-refractivity contribution in [1.29, 1.82) is 0 Å². The van der Waals surface area contributed by atoms with E-state index in [1.165, 1.54) is 0 Å². The van der Waals surface area contributed by atoms with Crippen LogP contribution in [0.2, 0.25) is 0 Å². The summed E-state index contributed by atoms with van der Waals surface area (Å²) in [5.41, 5.74) is 0. The van der Waals surface area contributed by atoms with E-state index >= 15 is 0 Å². The first-order valence-electron chi connectivity index (χ1n) is 0. The molecule has 0 aliphatic heterocycles. The first-order chi connectivity index (χ1) is 0. The molecule has 4 heavy (non-hydrogen) atoms. The number of rotatable bonds is 0. The summed E-state index contributed by atoms with van der Waals surface area (Å²) in [5.74, 6) is 0. The van der Waals surface area contributed by atoms with E-state index in [0.717, 1.165) is 0 Å². The number of halogens is 3. The zero-order chi connectivity index (χ0) is 0. The van der Waals surface area contributed by atoms with E-state index in [9.17, 15) is 0 Å². The molecule has 0 aliphatic rings. The molecule has 0 rings (SSSR count). The van der Waals surface area contributed by atoms with Gasteiger partial charge in [0.2, 0.25) is 0 Å². The minimum atomic E-state index is 0. The van der Waals surface area contributed by atoms with Crippen LogP contribution < -0.4 is 29.5 Å². The van der Waals surface area contributed by atoms with Crippen LogP contribution in [0, 0.1) is 40.8 Å². The van der Waals surface area contributed by atoms with Crippen LogP contribution in [0.5, 0.6) is 0 Å². The van der Waals surface area contributed by atoms with Gasteiger partial charge in [-0.25, -0.2) is 0 Å². The van der Waals surface area contributed by atoms with Gasteiger partial charge in [0, 0.05) is 0 Å². The summed E-state index contributed by atoms with van der Waals surface area (Å²) in [6.45, 7) is 0. The molecule has 0 unspecified atom stereocenters. The van der Waals surface area contributed by atoms with E-state index in [0.29, 0.717) is 0 Å². The maximum absolute atomic E-state index is 0. The molecule has 0 nitrogen and oxygen atoms in total. The number of hydrogen-bond acceptors (Lipinski definition) is 0. The molecular weight excluding hydrogens is 234 g/mol. The average Bonchev–Trinajstić information content (AvgIpc) is 0. The Morgan fingerprint density at radius 1 is 0.750 bits per heavy atom. The fraction of sp³-hybridized carbons (Fsp3) is 0. The summed E-state index contributed by atoms with van der Waals surface area (Å²) in [5, 5.41) is 0. The van der Waals surface area contributed by atoms with Gasteiger partial charge in [0.15, 0.2) is 0 Å². The minimum Gasteiger partial charge on any atom is -1.00 e. The molecule has 0 atom stereocenters. The third kappa shape index (κ3) is 9.13. The molecule has 0 spiro atoms. The van der Waals surface area contributed by atoms with Gasteiger partial charge < -0.3 is 29.5 Å². The van der Waals surface area contributed by atoms with E-state index in [2.05, 4.69) is 0 Å². The Morgan fingerprint density at radius 3 is 0.750 bits per heavy atom. The van der Waals surface area contributed by atoms with Gasteiger partial charge in [0.25, 0.3) is 0 Å². The van der Waals surface area contributed by atoms with Gasteiger partial charge in [-0.2, -0.15) is 0 Å². The SMILES string of the molecule is [Cl-].[Cl-].[F-].[Nd+3]. The van der Waals surface area contributed by atoms with Crippen LogP contribution in [0.4, 0.5) is 0 Å². The molecule has 0 aromatic heterocycles. The molecule has 0 amide bonds. The van der Waals surface area contributed by atoms with Crippen molar-refractivity contribution in [2.45, 2.75) is 0 Å². The molecular formula is Cl2FNd. The fourth-order valence-electron chi connectivity index (χ4n) is 0. The Labute approximate surface area is 69.4 Å². The van der Waals surface area contributed by atoms with Gasteiger partial charge >= 0.3 is 40.8 Å². The van der Waals surface area contributed by atoms with Crippen LogP contribution in [0.3, 0.4) is 0 Å². The standard InChI is InChI=1S/2ClH.FH.Nd/h3*1H;/q;;;+3/p-3. The molecule has 0 N–H and O–H groups in total. The quantitative estimate of drug-likeness (QED) is 0.390. The van der Waals surface area contributed by atoms with Crippen molar-refractivity contribution in [3.05, 3.63) is 0 Å². The van der Waals surface area contributed by atoms with Crippen LogP contribution in [0.1, 0.15) is 0 Å². The summed E-state index contributed by atoms with van der Waals surface area (Å²) in [4.78, 5) is 0. The molecule has 0 aromatic carbocycles. The van der Waals surface area contributed by atoms with Crippen LogP contribution in [0.25, 0.3) is 0 Å². The minimum absolute atomic E-state index is 0. The normalized spacial score (nSPS) is 0. The third-order valence-electron chi connectivity index (χ3n) is 0. The molecule has 0 aromatic rings. The van der Waals surface area contributed by atoms with Gasteiger partial charge in [-0.15, -0.1) is 0 Å². The Bertz CT molecular complexity index is 6.00. The Kier molecular flexibility index (Phi) is 209. The predicted octanol–water partition coefficient (Wildman–Crippen LogP) is -8.99. The van der Waals surface area contributed by atoms with Crippen molar-refractivity contribution >= 4 is 0 Å². The van der Waals surface area contributed by atoms with Crippen molar-refractivity contribution in [3.8, 4) is 0 Å². The second-order valence-corrected chi connectivity index (χ2v) is 0. The molecule has 0 aliphatic carbocycles. The topological polar surface area (TPSA) is 0 Å². The van der Waals surface area contributed by atoms with Crippen LogP contribution in [-0.2, 0) is 0 Å². The van der Waals surface area contributed by atoms with Crippen molar-refractivity contribution < 1.29 is 70.4 Å². The van der Waals surface area contributed by atoms with Gasteiger partial charge in [0.1, 0.15) is 0 Å². The van der Waals surface area contributed by atoms with Crippen molar-refractivity contribution in [2.24, 2.45) is 0 Å². The molecule has 0 heterocycles. The molecule has 0 saturated heterocycles. The summed E-state index contributed by atoms with van der Waals surface area (Å²) in [6.07, 6.45) is 0. The zero-order valence-electron chi connectivity index (χ0n) is 1.63. The fourth-order valence-corrected chi connectivity index (χ4v) is 0. The van der Waals surface area contributed by atoms with Crippen LogP contribution >= 0.6 is 0 Å². The van der Waals surface area contributed by atoms with E-state index in [-0.39, 0.29) is 70.4 Å². The number of hydrogen-bond donors (Lipinski definition) is 0. The van der Waals surface area contributed by atoms with Crippen molar-refractivity contribution in [1.82, 2.24) is 0 Å². The van der Waals surface area contributed by atoms with Crippen LogP contribution in [0.15, 0.2) is 0 Å². The van der Waals surface area contributed by atoms with Crippen molar-refractivity contribution in [2.75, 3.05) is 0 Å². The molecule has 1 radical (unpaired) electrons. The monoisotopic (exact) mass is 231 g/mol. The average molecular weight is 234 g/mol. The Hall–Kier alpha value is 1.86. The van der Waals surface area contributed by atoms with Crippen molar-refractivity contribution in [3.63, 3.8) is 0 Å². The summed E-state index contributed by atoms with van der Waals surface area (Å²) in [6, 6.07) is 0. The van der Waals surface area contributed by atoms with Gasteiger partial charge in [-0.3, -0.25) is 0 Å². The van der Waals surface area contributed by atoms with Gasteiger partial charge in [-0.05, 0) is 0 Å². The predicted molar refractivity (Wildman–Crippen MR) is 0 cm³/mol. The molecule has 0 fully saturated rings. The third-order valence-corrected chi connectivity index (χ3v) is 0. The smallest absolute Gasteiger partial charge is 1.00 e. The van der Waals surface area contributed by atoms with E-state index in [1.807, 2.05) is 0 Å². The summed E-state index contributed by atoms with van der Waals surface area (Å²) >= 11 is 0. The van der Waals surface area contributed by atoms with E-state index < -0.39 is 0 Å². The summed E-state index contributed by atoms with van der Waals surface area (Å²) < 4.78 is 0. The Balaban J connectivity index is 0. The van der Waals surface area contributed by atoms with Crippen LogP contribution in [-0.4, -0.2) is 0 Å². The van der Waals surface area contributed by atoms with E-state index in [1.54, 1.807) is 0 Å². The van der Waals surface area contributed by atoms with Gasteiger partial charge in [-0.1, -0.05) is 0 Å². The zero-order valence-corrected chi connectivity index (χ0v) is 6.35. The first-order valence-corrected chi connectivity index (χ1v) is 0. The Morgan fingerprint density at radius 2 is 0.750 bits per heavy atom.